The third-order valence-electron chi connectivity index (χ3n) is 12.0. The molecule has 4 heterocycles. The number of imidazole rings is 4. The molecule has 17 nitrogen and oxygen atoms in total. The standard InChI is InChI=1S/C43H49N10O.C7H6O2.2C3H7NO.2BF4.2Fe/c1-5-50-36-21-13-9-17-32(36)44-40(50)27-48(28-41-45-33-18-10-14-22-37(33)51(41)6-2)25-31(54)26-49(29-42-46-34-19-11-15-23-38(34)52(42)7-3)30-43-47-35-20-12-16-24-39(35)53(43)8-4;8-7(9)6-4-2-1-3-5-6;2*1-4(2)3-5;2*2-1(3,4)5;;/h9-24,31H,5-8,25-30H2,1-4H3;1-5H,(H,8,9);2*3H,1-2H3;;;;/q-1;;;;2*-1;+2;+3/p-1. The molecule has 0 aliphatic carbocycles. The molecule has 5 aromatic carbocycles. The average Bonchev–Trinajstić information content (AvgIpc) is 4.38. The number of amides is 2. The van der Waals surface area contributed by atoms with E-state index in [9.17, 15) is 59.1 Å². The first-order valence-corrected chi connectivity index (χ1v) is 26.4. The van der Waals surface area contributed by atoms with Gasteiger partial charge in [0.2, 0.25) is 12.8 Å². The van der Waals surface area contributed by atoms with E-state index in [1.807, 2.05) is 24.3 Å². The summed E-state index contributed by atoms with van der Waals surface area (Å²) in [6.45, 7) is 14.6. The number of aromatic carboxylic acids is 1. The fourth-order valence-electron chi connectivity index (χ4n) is 8.77. The van der Waals surface area contributed by atoms with Crippen LogP contribution in [0.25, 0.3) is 44.1 Å². The Morgan fingerprint density at radius 2 is 0.682 bits per heavy atom. The Balaban J connectivity index is 0.000000655. The van der Waals surface area contributed by atoms with Gasteiger partial charge >= 0.3 is 48.6 Å². The first kappa shape index (κ1) is 74.0. The summed E-state index contributed by atoms with van der Waals surface area (Å²) in [5.41, 5.74) is 8.54. The second-order valence-electron chi connectivity index (χ2n) is 18.8. The van der Waals surface area contributed by atoms with E-state index in [0.717, 1.165) is 106 Å². The van der Waals surface area contributed by atoms with E-state index in [1.54, 1.807) is 46.4 Å². The van der Waals surface area contributed by atoms with Crippen molar-refractivity contribution >= 4 is 77.4 Å². The number of aryl methyl sites for hydroxylation is 4. The fourth-order valence-corrected chi connectivity index (χ4v) is 8.77. The van der Waals surface area contributed by atoms with Gasteiger partial charge in [-0.05, 0) is 94.9 Å². The van der Waals surface area contributed by atoms with Gasteiger partial charge in [-0.15, -0.1) is 6.10 Å². The van der Waals surface area contributed by atoms with Gasteiger partial charge in [-0.2, -0.15) is 0 Å². The van der Waals surface area contributed by atoms with Crippen molar-refractivity contribution in [1.29, 1.82) is 0 Å². The molecule has 2 amide bonds. The maximum absolute atomic E-state index is 14.6. The number of benzene rings is 5. The molecule has 0 N–H and O–H groups in total. The third-order valence-corrected chi connectivity index (χ3v) is 12.0. The molecule has 0 unspecified atom stereocenters. The Morgan fingerprint density at radius 3 is 0.871 bits per heavy atom. The predicted octanol–water partition coefficient (Wildman–Crippen LogP) is 8.65. The van der Waals surface area contributed by atoms with Crippen LogP contribution in [0.3, 0.4) is 0 Å². The van der Waals surface area contributed by atoms with E-state index in [2.05, 4.69) is 129 Å². The summed E-state index contributed by atoms with van der Waals surface area (Å²) in [5, 5.41) is 24.7. The quantitative estimate of drug-likeness (QED) is 0.0429. The topological polar surface area (TPSA) is 182 Å². The van der Waals surface area contributed by atoms with Gasteiger partial charge in [0.05, 0.1) is 76.3 Å². The second-order valence-corrected chi connectivity index (χ2v) is 18.8. The predicted molar refractivity (Wildman–Crippen MR) is 304 cm³/mol. The minimum absolute atomic E-state index is 0. The van der Waals surface area contributed by atoms with Gasteiger partial charge in [0.15, 0.2) is 0 Å². The first-order valence-electron chi connectivity index (χ1n) is 26.4. The van der Waals surface area contributed by atoms with Crippen molar-refractivity contribution in [2.24, 2.45) is 0 Å². The summed E-state index contributed by atoms with van der Waals surface area (Å²) in [6, 6.07) is 41.2. The number of carboxylic acids is 1. The van der Waals surface area contributed by atoms with E-state index in [0.29, 0.717) is 39.3 Å². The maximum atomic E-state index is 14.6. The largest absolute Gasteiger partial charge is 3.00 e. The Labute approximate surface area is 509 Å². The van der Waals surface area contributed by atoms with Crippen LogP contribution in [0, 0.1) is 0 Å². The number of para-hydroxylation sites is 8. The Morgan fingerprint density at radius 1 is 0.471 bits per heavy atom. The summed E-state index contributed by atoms with van der Waals surface area (Å²) < 4.78 is 87.1. The van der Waals surface area contributed by atoms with Gasteiger partial charge < -0.3 is 77.6 Å². The number of fused-ring (bicyclic) bond motifs is 4. The molecule has 0 saturated heterocycles. The van der Waals surface area contributed by atoms with Crippen LogP contribution >= 0.6 is 0 Å². The zero-order valence-corrected chi connectivity index (χ0v) is 50.4. The van der Waals surface area contributed by atoms with Gasteiger partial charge in [0.1, 0.15) is 23.3 Å². The van der Waals surface area contributed by atoms with Crippen molar-refractivity contribution in [3.05, 3.63) is 156 Å². The van der Waals surface area contributed by atoms with Crippen molar-refractivity contribution in [1.82, 2.24) is 57.8 Å². The van der Waals surface area contributed by atoms with Gasteiger partial charge in [-0.25, -0.2) is 19.9 Å². The van der Waals surface area contributed by atoms with Crippen molar-refractivity contribution in [2.45, 2.75) is 86.2 Å². The monoisotopic (exact) mass is 1270 g/mol. The van der Waals surface area contributed by atoms with E-state index in [4.69, 9.17) is 19.9 Å². The van der Waals surface area contributed by atoms with Crippen LogP contribution in [0.2, 0.25) is 0 Å². The Bertz CT molecular complexity index is 3060. The molecule has 29 heteroatoms. The minimum atomic E-state index is -6.00. The van der Waals surface area contributed by atoms with Crippen LogP contribution in [-0.4, -0.2) is 138 Å². The van der Waals surface area contributed by atoms with E-state index in [1.165, 1.54) is 21.9 Å². The SMILES string of the molecule is CCn1c(CN(Cc2nc3ccccc3n2CC)CC([O-])CN(Cc2nc3ccccc3n2CC)Cc2nc3ccccc3n2CC)nc2ccccc21.CN(C)C=O.CN(C)C=O.F[B-](F)(F)F.F[B-](F)(F)F.O=C([O-])c1ccccc1.[Fe+2].[Fe+3]. The number of halogens is 8. The van der Waals surface area contributed by atoms with Crippen molar-refractivity contribution in [3.8, 4) is 0 Å². The number of carbonyl (C=O) groups is 3. The smallest absolute Gasteiger partial charge is 0.850 e. The van der Waals surface area contributed by atoms with Crippen molar-refractivity contribution < 1.29 is 93.3 Å². The number of carbonyl (C=O) groups excluding carboxylic acids is 3. The zero-order chi connectivity index (χ0) is 61.4. The molecule has 0 bridgehead atoms. The average molecular weight is 1270 g/mol. The van der Waals surface area contributed by atoms with E-state index < -0.39 is 26.6 Å². The molecule has 0 aliphatic heterocycles. The first-order chi connectivity index (χ1) is 39.3. The summed E-state index contributed by atoms with van der Waals surface area (Å²) in [7, 11) is -5.25. The Kier molecular flexibility index (Phi) is 31.3. The van der Waals surface area contributed by atoms with Gasteiger partial charge in [-0.1, -0.05) is 78.9 Å². The number of hydrogen-bond donors (Lipinski definition) is 0. The van der Waals surface area contributed by atoms with Crippen LogP contribution in [-0.2, 0) is 96.1 Å². The van der Waals surface area contributed by atoms with Gasteiger partial charge in [0, 0.05) is 54.4 Å². The van der Waals surface area contributed by atoms with Gasteiger partial charge in [0.25, 0.3) is 0 Å². The van der Waals surface area contributed by atoms with Crippen LogP contribution in [0.4, 0.5) is 34.5 Å². The molecule has 9 aromatic rings. The van der Waals surface area contributed by atoms with Crippen molar-refractivity contribution in [3.63, 3.8) is 0 Å². The second kappa shape index (κ2) is 36.0. The summed E-state index contributed by atoms with van der Waals surface area (Å²) >= 11 is 0. The van der Waals surface area contributed by atoms with Crippen LogP contribution < -0.4 is 10.2 Å². The summed E-state index contributed by atoms with van der Waals surface area (Å²) in [6.07, 6.45) is 0.572. The molecule has 4 aromatic heterocycles. The molecular formula is C56H68B2F8Fe2N12O5+. The van der Waals surface area contributed by atoms with E-state index in [-0.39, 0.29) is 39.7 Å². The van der Waals surface area contributed by atoms with E-state index >= 15 is 0 Å². The van der Waals surface area contributed by atoms with Crippen LogP contribution in [0.1, 0.15) is 61.4 Å². The third kappa shape index (κ3) is 24.4. The molecule has 9 rings (SSSR count). The summed E-state index contributed by atoms with van der Waals surface area (Å²) in [5.74, 6) is 2.69. The number of hydrogen-bond acceptors (Lipinski definition) is 11. The number of rotatable bonds is 19. The Hall–Kier alpha value is -7.12. The zero-order valence-electron chi connectivity index (χ0n) is 48.2. The molecule has 1 radical (unpaired) electrons. The number of aromatic nitrogens is 8. The number of carboxylic acid groups (broad SMARTS) is 1. The summed E-state index contributed by atoms with van der Waals surface area (Å²) in [4.78, 5) is 56.6. The molecule has 0 fully saturated rings. The molecular weight excluding hydrogens is 1210 g/mol. The molecule has 0 aliphatic rings. The molecule has 0 saturated carbocycles. The molecule has 85 heavy (non-hydrogen) atoms. The normalized spacial score (nSPS) is 11.0. The molecule has 459 valence electrons. The fraction of sp³-hybridized carbons (Fsp3) is 0.339. The van der Waals surface area contributed by atoms with Gasteiger partial charge in [-0.3, -0.25) is 19.4 Å². The van der Waals surface area contributed by atoms with Crippen LogP contribution in [0.15, 0.2) is 127 Å². The number of nitrogens with zero attached hydrogens (tertiary/aromatic N) is 12. The van der Waals surface area contributed by atoms with Crippen LogP contribution in [0.5, 0.6) is 0 Å². The van der Waals surface area contributed by atoms with Crippen molar-refractivity contribution in [2.75, 3.05) is 41.3 Å². The molecule has 0 atom stereocenters. The molecule has 0 spiro atoms. The maximum Gasteiger partial charge on any atom is 3.00 e. The minimum Gasteiger partial charge on any atom is -0.850 e.